The summed E-state index contributed by atoms with van der Waals surface area (Å²) < 4.78 is 5.47. The van der Waals surface area contributed by atoms with E-state index in [9.17, 15) is 14.4 Å². The molecule has 0 aliphatic carbocycles. The molecule has 0 atom stereocenters. The summed E-state index contributed by atoms with van der Waals surface area (Å²) in [5.74, 6) is -0.461. The van der Waals surface area contributed by atoms with Crippen molar-refractivity contribution >= 4 is 23.5 Å². The van der Waals surface area contributed by atoms with E-state index in [1.807, 2.05) is 13.8 Å². The number of carbonyl (C=O) groups is 3. The Hall–Kier alpha value is -2.37. The lowest BCUT2D eigenvalue weighted by atomic mass is 10.2. The first-order valence-electron chi connectivity index (χ1n) is 5.91. The fourth-order valence-electron chi connectivity index (χ4n) is 1.76. The Morgan fingerprint density at radius 3 is 2.32 bits per heavy atom. The first-order chi connectivity index (χ1) is 8.97. The molecule has 0 spiro atoms. The molecule has 0 saturated carbocycles. The minimum Gasteiger partial charge on any atom is -0.491 e. The van der Waals surface area contributed by atoms with Crippen molar-refractivity contribution in [3.63, 3.8) is 0 Å². The summed E-state index contributed by atoms with van der Waals surface area (Å²) in [6.07, 6.45) is -0.279. The zero-order valence-electron chi connectivity index (χ0n) is 10.7. The number of imide groups is 2. The molecule has 0 bridgehead atoms. The standard InChI is InChI=1S/C13H14N2O4/c1-8(2)19-10-5-3-9(4-6-10)15-12(17)7-11(16)14-13(15)18/h3-6,8H,7H2,1-2H3,(H,14,16,18). The van der Waals surface area contributed by atoms with E-state index < -0.39 is 17.8 Å². The quantitative estimate of drug-likeness (QED) is 0.836. The molecule has 0 aromatic heterocycles. The molecule has 6 nitrogen and oxygen atoms in total. The smallest absolute Gasteiger partial charge is 0.335 e. The SMILES string of the molecule is CC(C)Oc1ccc(N2C(=O)CC(=O)NC2=O)cc1. The van der Waals surface area contributed by atoms with Crippen molar-refractivity contribution in [1.29, 1.82) is 0 Å². The highest BCUT2D eigenvalue weighted by molar-refractivity contribution is 6.26. The van der Waals surface area contributed by atoms with Gasteiger partial charge in [0.2, 0.25) is 11.8 Å². The first-order valence-corrected chi connectivity index (χ1v) is 5.91. The van der Waals surface area contributed by atoms with Crippen LogP contribution in [-0.4, -0.2) is 23.9 Å². The molecule has 1 aromatic rings. The molecule has 1 fully saturated rings. The molecule has 0 radical (unpaired) electrons. The lowest BCUT2D eigenvalue weighted by molar-refractivity contribution is -0.128. The maximum absolute atomic E-state index is 11.7. The molecule has 19 heavy (non-hydrogen) atoms. The molecular weight excluding hydrogens is 248 g/mol. The van der Waals surface area contributed by atoms with E-state index in [0.29, 0.717) is 11.4 Å². The van der Waals surface area contributed by atoms with Gasteiger partial charge >= 0.3 is 6.03 Å². The minimum absolute atomic E-state index is 0.0448. The number of carbonyl (C=O) groups excluding carboxylic acids is 3. The molecule has 6 heteroatoms. The fourth-order valence-corrected chi connectivity index (χ4v) is 1.76. The van der Waals surface area contributed by atoms with Gasteiger partial charge in [-0.2, -0.15) is 0 Å². The first kappa shape index (κ1) is 13.1. The van der Waals surface area contributed by atoms with E-state index in [0.717, 1.165) is 4.90 Å². The largest absolute Gasteiger partial charge is 0.491 e. The van der Waals surface area contributed by atoms with Crippen LogP contribution in [0.3, 0.4) is 0 Å². The number of ether oxygens (including phenoxy) is 1. The van der Waals surface area contributed by atoms with Crippen LogP contribution in [0, 0.1) is 0 Å². The summed E-state index contributed by atoms with van der Waals surface area (Å²) in [4.78, 5) is 35.3. The lowest BCUT2D eigenvalue weighted by Crippen LogP contribution is -2.52. The molecule has 1 aliphatic rings. The Morgan fingerprint density at radius 2 is 1.79 bits per heavy atom. The molecule has 1 heterocycles. The van der Waals surface area contributed by atoms with Crippen LogP contribution in [0.1, 0.15) is 20.3 Å². The summed E-state index contributed by atoms with van der Waals surface area (Å²) in [6, 6.07) is 5.83. The number of nitrogens with zero attached hydrogens (tertiary/aromatic N) is 1. The van der Waals surface area contributed by atoms with Crippen molar-refractivity contribution in [2.24, 2.45) is 0 Å². The molecule has 1 N–H and O–H groups in total. The number of nitrogens with one attached hydrogen (secondary N) is 1. The van der Waals surface area contributed by atoms with Gasteiger partial charge in [-0.05, 0) is 38.1 Å². The zero-order chi connectivity index (χ0) is 14.0. The minimum atomic E-state index is -0.723. The number of urea groups is 1. The summed E-state index contributed by atoms with van der Waals surface area (Å²) in [6.45, 7) is 3.81. The van der Waals surface area contributed by atoms with Crippen molar-refractivity contribution in [3.05, 3.63) is 24.3 Å². The number of barbiturate groups is 1. The average Bonchev–Trinajstić information content (AvgIpc) is 2.29. The van der Waals surface area contributed by atoms with Crippen LogP contribution in [0.4, 0.5) is 10.5 Å². The van der Waals surface area contributed by atoms with Crippen LogP contribution < -0.4 is 15.0 Å². The predicted octanol–water partition coefficient (Wildman–Crippen LogP) is 1.45. The fraction of sp³-hybridized carbons (Fsp3) is 0.308. The molecule has 0 unspecified atom stereocenters. The van der Waals surface area contributed by atoms with Crippen molar-refractivity contribution in [3.8, 4) is 5.75 Å². The average molecular weight is 262 g/mol. The summed E-state index contributed by atoms with van der Waals surface area (Å²) in [7, 11) is 0. The number of hydrogen-bond donors (Lipinski definition) is 1. The van der Waals surface area contributed by atoms with Crippen LogP contribution >= 0.6 is 0 Å². The second-order valence-corrected chi connectivity index (χ2v) is 4.42. The Bertz CT molecular complexity index is 502. The van der Waals surface area contributed by atoms with E-state index in [4.69, 9.17) is 4.74 Å². The number of benzene rings is 1. The highest BCUT2D eigenvalue weighted by Crippen LogP contribution is 2.22. The highest BCUT2D eigenvalue weighted by Gasteiger charge is 2.31. The van der Waals surface area contributed by atoms with Gasteiger partial charge < -0.3 is 4.74 Å². The number of amides is 4. The molecule has 1 aliphatic heterocycles. The molecular formula is C13H14N2O4. The van der Waals surface area contributed by atoms with Crippen LogP contribution in [0.15, 0.2) is 24.3 Å². The van der Waals surface area contributed by atoms with Crippen molar-refractivity contribution in [2.75, 3.05) is 4.90 Å². The van der Waals surface area contributed by atoms with E-state index >= 15 is 0 Å². The number of hydrogen-bond acceptors (Lipinski definition) is 4. The van der Waals surface area contributed by atoms with Gasteiger partial charge in [0, 0.05) is 0 Å². The van der Waals surface area contributed by atoms with Gasteiger partial charge in [0.25, 0.3) is 0 Å². The van der Waals surface area contributed by atoms with Crippen molar-refractivity contribution in [1.82, 2.24) is 5.32 Å². The molecule has 1 saturated heterocycles. The summed E-state index contributed by atoms with van der Waals surface area (Å²) >= 11 is 0. The zero-order valence-corrected chi connectivity index (χ0v) is 10.7. The second kappa shape index (κ2) is 5.09. The highest BCUT2D eigenvalue weighted by atomic mass is 16.5. The van der Waals surface area contributed by atoms with Crippen LogP contribution in [0.5, 0.6) is 5.75 Å². The summed E-state index contributed by atoms with van der Waals surface area (Å²) in [5.41, 5.74) is 0.408. The normalized spacial score (nSPS) is 15.7. The third-order valence-electron chi connectivity index (χ3n) is 2.48. The van der Waals surface area contributed by atoms with Gasteiger partial charge in [-0.3, -0.25) is 14.9 Å². The molecule has 4 amide bonds. The van der Waals surface area contributed by atoms with E-state index in [-0.39, 0.29) is 12.5 Å². The molecule has 100 valence electrons. The molecule has 2 rings (SSSR count). The van der Waals surface area contributed by atoms with Gasteiger partial charge in [-0.15, -0.1) is 0 Å². The number of anilines is 1. The maximum atomic E-state index is 11.7. The number of rotatable bonds is 3. The van der Waals surface area contributed by atoms with E-state index in [1.165, 1.54) is 0 Å². The maximum Gasteiger partial charge on any atom is 0.335 e. The van der Waals surface area contributed by atoms with E-state index in [2.05, 4.69) is 5.32 Å². The van der Waals surface area contributed by atoms with Crippen LogP contribution in [0.2, 0.25) is 0 Å². The Morgan fingerprint density at radius 1 is 1.16 bits per heavy atom. The topological polar surface area (TPSA) is 75.7 Å². The molecule has 1 aromatic carbocycles. The van der Waals surface area contributed by atoms with Crippen LogP contribution in [0.25, 0.3) is 0 Å². The van der Waals surface area contributed by atoms with Gasteiger partial charge in [0.05, 0.1) is 11.8 Å². The second-order valence-electron chi connectivity index (χ2n) is 4.42. The van der Waals surface area contributed by atoms with Gasteiger partial charge in [0.1, 0.15) is 12.2 Å². The monoisotopic (exact) mass is 262 g/mol. The van der Waals surface area contributed by atoms with Gasteiger partial charge in [-0.1, -0.05) is 0 Å². The van der Waals surface area contributed by atoms with Gasteiger partial charge in [0.15, 0.2) is 0 Å². The Balaban J connectivity index is 2.19. The van der Waals surface area contributed by atoms with E-state index in [1.54, 1.807) is 24.3 Å². The predicted molar refractivity (Wildman–Crippen MR) is 67.8 cm³/mol. The van der Waals surface area contributed by atoms with Crippen molar-refractivity contribution in [2.45, 2.75) is 26.4 Å². The lowest BCUT2D eigenvalue weighted by Gasteiger charge is -2.24. The van der Waals surface area contributed by atoms with Crippen LogP contribution in [-0.2, 0) is 9.59 Å². The van der Waals surface area contributed by atoms with Gasteiger partial charge in [-0.25, -0.2) is 9.69 Å². The third kappa shape index (κ3) is 2.90. The Kier molecular flexibility index (Phi) is 3.50. The summed E-state index contributed by atoms with van der Waals surface area (Å²) in [5, 5.41) is 2.10. The van der Waals surface area contributed by atoms with Crippen molar-refractivity contribution < 1.29 is 19.1 Å². The Labute approximate surface area is 110 Å². The third-order valence-corrected chi connectivity index (χ3v) is 2.48.